The lowest BCUT2D eigenvalue weighted by molar-refractivity contribution is -0.117. The van der Waals surface area contributed by atoms with Crippen molar-refractivity contribution in [3.63, 3.8) is 0 Å². The maximum Gasteiger partial charge on any atom is 0.231 e. The van der Waals surface area contributed by atoms with Crippen LogP contribution in [0.5, 0.6) is 5.75 Å². The van der Waals surface area contributed by atoms with Gasteiger partial charge in [0, 0.05) is 17.2 Å². The summed E-state index contributed by atoms with van der Waals surface area (Å²) in [6.07, 6.45) is 1.80. The minimum Gasteiger partial charge on any atom is -0.490 e. The second-order valence-corrected chi connectivity index (χ2v) is 8.69. The quantitative estimate of drug-likeness (QED) is 0.588. The van der Waals surface area contributed by atoms with Crippen LogP contribution in [0.2, 0.25) is 0 Å². The molecule has 3 N–H and O–H groups in total. The zero-order chi connectivity index (χ0) is 22.0. The van der Waals surface area contributed by atoms with Gasteiger partial charge in [-0.25, -0.2) is 0 Å². The van der Waals surface area contributed by atoms with Crippen molar-refractivity contribution in [1.82, 2.24) is 15.5 Å². The largest absolute Gasteiger partial charge is 0.490 e. The number of nitrogens with zero attached hydrogens (tertiary/aromatic N) is 3. The third-order valence-electron chi connectivity index (χ3n) is 5.16. The summed E-state index contributed by atoms with van der Waals surface area (Å²) in [5.74, 6) is 0.210. The Morgan fingerprint density at radius 2 is 2.13 bits per heavy atom. The van der Waals surface area contributed by atoms with Crippen LogP contribution in [0, 0.1) is 11.3 Å². The standard InChI is InChI=1S/C23H23N5O2S/c1-13(2)30-20-9-6-14(10-15(20)11-24)22-27-28-23(31-22)18-5-3-4-17-16(18)7-8-19(17)26-12-21(25)29/h3-6,9-10,13,19,26H,7-8,12H2,1-2H3,(H2,25,29). The third-order valence-corrected chi connectivity index (χ3v) is 6.16. The third kappa shape index (κ3) is 4.43. The van der Waals surface area contributed by atoms with Crippen LogP contribution in [-0.2, 0) is 11.2 Å². The van der Waals surface area contributed by atoms with Crippen LogP contribution in [0.4, 0.5) is 0 Å². The molecule has 1 aromatic heterocycles. The molecule has 1 aliphatic rings. The molecule has 0 aliphatic heterocycles. The van der Waals surface area contributed by atoms with E-state index in [-0.39, 0.29) is 24.6 Å². The summed E-state index contributed by atoms with van der Waals surface area (Å²) in [6, 6.07) is 14.0. The molecule has 2 aromatic carbocycles. The van der Waals surface area contributed by atoms with Crippen LogP contribution >= 0.6 is 11.3 Å². The number of hydrogen-bond acceptors (Lipinski definition) is 7. The number of rotatable bonds is 7. The van der Waals surface area contributed by atoms with Crippen LogP contribution in [0.1, 0.15) is 43.0 Å². The lowest BCUT2D eigenvalue weighted by Crippen LogP contribution is -2.30. The predicted molar refractivity (Wildman–Crippen MR) is 120 cm³/mol. The number of aromatic nitrogens is 2. The monoisotopic (exact) mass is 433 g/mol. The number of primary amides is 1. The predicted octanol–water partition coefficient (Wildman–Crippen LogP) is 3.59. The first-order valence-electron chi connectivity index (χ1n) is 10.1. The fraction of sp³-hybridized carbons (Fsp3) is 0.304. The Morgan fingerprint density at radius 1 is 1.32 bits per heavy atom. The second-order valence-electron chi connectivity index (χ2n) is 7.71. The molecular weight excluding hydrogens is 410 g/mol. The van der Waals surface area contributed by atoms with Gasteiger partial charge in [0.1, 0.15) is 21.8 Å². The number of nitrogens with one attached hydrogen (secondary N) is 1. The van der Waals surface area contributed by atoms with Crippen molar-refractivity contribution < 1.29 is 9.53 Å². The van der Waals surface area contributed by atoms with Crippen LogP contribution in [0.3, 0.4) is 0 Å². The summed E-state index contributed by atoms with van der Waals surface area (Å²) >= 11 is 1.50. The molecule has 31 heavy (non-hydrogen) atoms. The molecule has 0 saturated heterocycles. The Morgan fingerprint density at radius 3 is 2.87 bits per heavy atom. The molecule has 0 fully saturated rings. The molecule has 4 rings (SSSR count). The Hall–Kier alpha value is -3.28. The first-order chi connectivity index (χ1) is 15.0. The van der Waals surface area contributed by atoms with Gasteiger partial charge in [-0.3, -0.25) is 4.79 Å². The highest BCUT2D eigenvalue weighted by Gasteiger charge is 2.26. The van der Waals surface area contributed by atoms with Crippen molar-refractivity contribution in [2.45, 2.75) is 38.8 Å². The van der Waals surface area contributed by atoms with Crippen molar-refractivity contribution in [2.75, 3.05) is 6.54 Å². The highest BCUT2D eigenvalue weighted by Crippen LogP contribution is 2.40. The van der Waals surface area contributed by atoms with Crippen LogP contribution in [0.25, 0.3) is 21.1 Å². The van der Waals surface area contributed by atoms with E-state index in [1.807, 2.05) is 32.0 Å². The average molecular weight is 434 g/mol. The zero-order valence-electron chi connectivity index (χ0n) is 17.4. The maximum absolute atomic E-state index is 11.1. The molecule has 7 nitrogen and oxygen atoms in total. The number of benzene rings is 2. The second kappa shape index (κ2) is 8.84. The molecule has 0 radical (unpaired) electrons. The number of carbonyl (C=O) groups excluding carboxylic acids is 1. The smallest absolute Gasteiger partial charge is 0.231 e. The molecule has 1 unspecified atom stereocenters. The van der Waals surface area contributed by atoms with Gasteiger partial charge in [0.15, 0.2) is 0 Å². The lowest BCUT2D eigenvalue weighted by atomic mass is 10.0. The van der Waals surface area contributed by atoms with Gasteiger partial charge in [-0.15, -0.1) is 10.2 Å². The van der Waals surface area contributed by atoms with Gasteiger partial charge in [0.05, 0.1) is 18.2 Å². The molecule has 158 valence electrons. The van der Waals surface area contributed by atoms with Crippen molar-refractivity contribution in [2.24, 2.45) is 5.73 Å². The SMILES string of the molecule is CC(C)Oc1ccc(-c2nnc(-c3cccc4c3CCC4NCC(N)=O)s2)cc1C#N. The van der Waals surface area contributed by atoms with Crippen molar-refractivity contribution in [3.05, 3.63) is 53.1 Å². The maximum atomic E-state index is 11.1. The number of fused-ring (bicyclic) bond motifs is 1. The van der Waals surface area contributed by atoms with E-state index in [0.29, 0.717) is 11.3 Å². The summed E-state index contributed by atoms with van der Waals surface area (Å²) in [5.41, 5.74) is 10.1. The highest BCUT2D eigenvalue weighted by atomic mass is 32.1. The first-order valence-corrected chi connectivity index (χ1v) is 11.0. The van der Waals surface area contributed by atoms with E-state index in [0.717, 1.165) is 34.0 Å². The fourth-order valence-corrected chi connectivity index (χ4v) is 4.74. The van der Waals surface area contributed by atoms with Gasteiger partial charge < -0.3 is 15.8 Å². The number of nitrogens with two attached hydrogens (primary N) is 1. The zero-order valence-corrected chi connectivity index (χ0v) is 18.2. The van der Waals surface area contributed by atoms with Gasteiger partial charge in [0.2, 0.25) is 5.91 Å². The highest BCUT2D eigenvalue weighted by molar-refractivity contribution is 7.17. The minimum atomic E-state index is -0.361. The van der Waals surface area contributed by atoms with Gasteiger partial charge in [-0.05, 0) is 56.0 Å². The van der Waals surface area contributed by atoms with Gasteiger partial charge in [0.25, 0.3) is 0 Å². The van der Waals surface area contributed by atoms with Gasteiger partial charge >= 0.3 is 0 Å². The lowest BCUT2D eigenvalue weighted by Gasteiger charge is -2.13. The van der Waals surface area contributed by atoms with E-state index >= 15 is 0 Å². The molecule has 1 amide bonds. The fourth-order valence-electron chi connectivity index (χ4n) is 3.85. The number of nitriles is 1. The van der Waals surface area contributed by atoms with E-state index in [1.165, 1.54) is 22.5 Å². The number of amides is 1. The Labute approximate surface area is 184 Å². The van der Waals surface area contributed by atoms with Crippen molar-refractivity contribution in [1.29, 1.82) is 5.26 Å². The van der Waals surface area contributed by atoms with Gasteiger partial charge in [-0.1, -0.05) is 29.5 Å². The number of carbonyl (C=O) groups is 1. The summed E-state index contributed by atoms with van der Waals surface area (Å²) in [6.45, 7) is 4.02. The normalized spacial score (nSPS) is 15.0. The molecule has 3 aromatic rings. The minimum absolute atomic E-state index is 0.00690. The van der Waals surface area contributed by atoms with E-state index < -0.39 is 0 Å². The topological polar surface area (TPSA) is 114 Å². The van der Waals surface area contributed by atoms with Crippen LogP contribution in [-0.4, -0.2) is 28.8 Å². The molecule has 1 atom stereocenters. The van der Waals surface area contributed by atoms with Crippen LogP contribution < -0.4 is 15.8 Å². The van der Waals surface area contributed by atoms with E-state index in [4.69, 9.17) is 10.5 Å². The Bertz CT molecular complexity index is 1170. The van der Waals surface area contributed by atoms with Crippen molar-refractivity contribution in [3.8, 4) is 33.0 Å². The molecule has 1 aliphatic carbocycles. The summed E-state index contributed by atoms with van der Waals surface area (Å²) < 4.78 is 5.71. The summed E-state index contributed by atoms with van der Waals surface area (Å²) in [7, 11) is 0. The number of hydrogen-bond donors (Lipinski definition) is 2. The first kappa shape index (κ1) is 21.0. The molecular formula is C23H23N5O2S. The Kier molecular flexibility index (Phi) is 5.98. The van der Waals surface area contributed by atoms with E-state index in [2.05, 4.69) is 33.7 Å². The molecule has 8 heteroatoms. The van der Waals surface area contributed by atoms with Crippen molar-refractivity contribution >= 4 is 17.2 Å². The molecule has 0 bridgehead atoms. The van der Waals surface area contributed by atoms with E-state index in [9.17, 15) is 10.1 Å². The summed E-state index contributed by atoms with van der Waals surface area (Å²) in [5, 5.41) is 23.1. The molecule has 1 heterocycles. The Balaban J connectivity index is 1.62. The number of ether oxygens (including phenoxy) is 1. The van der Waals surface area contributed by atoms with E-state index in [1.54, 1.807) is 6.07 Å². The summed E-state index contributed by atoms with van der Waals surface area (Å²) in [4.78, 5) is 11.1. The van der Waals surface area contributed by atoms with Crippen LogP contribution in [0.15, 0.2) is 36.4 Å². The molecule has 0 spiro atoms. The average Bonchev–Trinajstić information content (AvgIpc) is 3.39. The molecule has 0 saturated carbocycles. The van der Waals surface area contributed by atoms with Gasteiger partial charge in [-0.2, -0.15) is 5.26 Å².